The molecule has 2 N–H and O–H groups in total. The Balaban J connectivity index is 2.58. The van der Waals surface area contributed by atoms with Crippen molar-refractivity contribution in [1.29, 1.82) is 5.26 Å². The van der Waals surface area contributed by atoms with Gasteiger partial charge >= 0.3 is 0 Å². The molecule has 106 valence electrons. The molecule has 0 heterocycles. The van der Waals surface area contributed by atoms with Gasteiger partial charge in [0.15, 0.2) is 0 Å². The lowest BCUT2D eigenvalue weighted by Crippen LogP contribution is -2.33. The molecule has 0 fully saturated rings. The predicted molar refractivity (Wildman–Crippen MR) is 74.8 cm³/mol. The van der Waals surface area contributed by atoms with Crippen LogP contribution in [0.25, 0.3) is 0 Å². The Hall–Kier alpha value is -2.35. The van der Waals surface area contributed by atoms with E-state index in [1.807, 2.05) is 19.9 Å². The summed E-state index contributed by atoms with van der Waals surface area (Å²) in [6.45, 7) is 4.16. The summed E-state index contributed by atoms with van der Waals surface area (Å²) in [6.07, 6.45) is 2.14. The maximum absolute atomic E-state index is 13.0. The van der Waals surface area contributed by atoms with Crippen molar-refractivity contribution in [1.82, 2.24) is 10.6 Å². The smallest absolute Gasteiger partial charge is 0.263 e. The molecule has 0 aliphatic rings. The van der Waals surface area contributed by atoms with E-state index in [1.54, 1.807) is 12.1 Å². The van der Waals surface area contributed by atoms with Crippen molar-refractivity contribution < 1.29 is 9.18 Å². The highest BCUT2D eigenvalue weighted by atomic mass is 19.1. The van der Waals surface area contributed by atoms with E-state index in [1.165, 1.54) is 18.3 Å². The largest absolute Gasteiger partial charge is 0.386 e. The zero-order valence-corrected chi connectivity index (χ0v) is 11.6. The highest BCUT2D eigenvalue weighted by molar-refractivity contribution is 5.97. The normalized spacial score (nSPS) is 12.4. The molecular formula is C15H18FN3O. The number of carbonyl (C=O) groups is 1. The topological polar surface area (TPSA) is 64.9 Å². The molecule has 0 radical (unpaired) electrons. The molecule has 0 aliphatic carbocycles. The summed E-state index contributed by atoms with van der Waals surface area (Å²) in [5.41, 5.74) is 0.738. The van der Waals surface area contributed by atoms with Crippen LogP contribution in [0, 0.1) is 17.1 Å². The van der Waals surface area contributed by atoms with E-state index >= 15 is 0 Å². The Morgan fingerprint density at radius 2 is 2.30 bits per heavy atom. The molecule has 0 bridgehead atoms. The molecular weight excluding hydrogens is 257 g/mol. The summed E-state index contributed by atoms with van der Waals surface area (Å²) in [4.78, 5) is 11.7. The molecule has 0 aliphatic heterocycles. The van der Waals surface area contributed by atoms with Gasteiger partial charge in [0, 0.05) is 18.8 Å². The first-order valence-electron chi connectivity index (χ1n) is 6.45. The van der Waals surface area contributed by atoms with Crippen molar-refractivity contribution in [2.75, 3.05) is 0 Å². The van der Waals surface area contributed by atoms with Crippen LogP contribution in [-0.2, 0) is 11.3 Å². The van der Waals surface area contributed by atoms with Crippen molar-refractivity contribution in [3.8, 4) is 6.07 Å². The summed E-state index contributed by atoms with van der Waals surface area (Å²) in [6, 6.07) is 7.98. The third kappa shape index (κ3) is 5.11. The SMILES string of the molecule is CCC(C)NC(=O)/C(C#N)=C\NCc1cccc(F)c1. The molecule has 0 spiro atoms. The number of halogens is 1. The van der Waals surface area contributed by atoms with Crippen LogP contribution in [0.15, 0.2) is 36.0 Å². The van der Waals surface area contributed by atoms with Crippen LogP contribution in [0.1, 0.15) is 25.8 Å². The van der Waals surface area contributed by atoms with Crippen LogP contribution in [0.3, 0.4) is 0 Å². The van der Waals surface area contributed by atoms with E-state index in [9.17, 15) is 9.18 Å². The number of nitriles is 1. The fraction of sp³-hybridized carbons (Fsp3) is 0.333. The number of rotatable bonds is 6. The third-order valence-electron chi connectivity index (χ3n) is 2.80. The monoisotopic (exact) mass is 275 g/mol. The fourth-order valence-electron chi connectivity index (χ4n) is 1.47. The van der Waals surface area contributed by atoms with E-state index in [-0.39, 0.29) is 17.4 Å². The van der Waals surface area contributed by atoms with Gasteiger partial charge in [-0.15, -0.1) is 0 Å². The standard InChI is InChI=1S/C15H18FN3O/c1-3-11(2)19-15(20)13(8-17)10-18-9-12-5-4-6-14(16)7-12/h4-7,10-11,18H,3,9H2,1-2H3,(H,19,20)/b13-10-. The third-order valence-corrected chi connectivity index (χ3v) is 2.80. The number of nitrogens with zero attached hydrogens (tertiary/aromatic N) is 1. The molecule has 1 amide bonds. The molecule has 1 rings (SSSR count). The van der Waals surface area contributed by atoms with Gasteiger partial charge in [-0.05, 0) is 31.0 Å². The van der Waals surface area contributed by atoms with Crippen molar-refractivity contribution >= 4 is 5.91 Å². The lowest BCUT2D eigenvalue weighted by atomic mass is 10.2. The average molecular weight is 275 g/mol. The Labute approximate surface area is 118 Å². The van der Waals surface area contributed by atoms with Gasteiger partial charge in [-0.2, -0.15) is 5.26 Å². The molecule has 1 atom stereocenters. The van der Waals surface area contributed by atoms with Crippen molar-refractivity contribution in [3.63, 3.8) is 0 Å². The first-order valence-corrected chi connectivity index (χ1v) is 6.45. The molecule has 0 saturated carbocycles. The highest BCUT2D eigenvalue weighted by Gasteiger charge is 2.10. The second kappa shape index (κ2) is 7.95. The van der Waals surface area contributed by atoms with Crippen LogP contribution in [0.4, 0.5) is 4.39 Å². The number of carbonyl (C=O) groups excluding carboxylic acids is 1. The number of nitrogens with one attached hydrogen (secondary N) is 2. The summed E-state index contributed by atoms with van der Waals surface area (Å²) >= 11 is 0. The number of hydrogen-bond donors (Lipinski definition) is 2. The van der Waals surface area contributed by atoms with Gasteiger partial charge in [-0.3, -0.25) is 4.79 Å². The molecule has 4 nitrogen and oxygen atoms in total. The van der Waals surface area contributed by atoms with E-state index in [2.05, 4.69) is 10.6 Å². The van der Waals surface area contributed by atoms with Crippen molar-refractivity contribution in [3.05, 3.63) is 47.4 Å². The predicted octanol–water partition coefficient (Wildman–Crippen LogP) is 2.24. The Kier molecular flexibility index (Phi) is 6.24. The van der Waals surface area contributed by atoms with Crippen LogP contribution in [0.2, 0.25) is 0 Å². The van der Waals surface area contributed by atoms with E-state index in [4.69, 9.17) is 5.26 Å². The van der Waals surface area contributed by atoms with E-state index in [0.29, 0.717) is 6.54 Å². The first-order chi connectivity index (χ1) is 9.56. The molecule has 0 aromatic heterocycles. The van der Waals surface area contributed by atoms with Crippen LogP contribution in [-0.4, -0.2) is 11.9 Å². The molecule has 20 heavy (non-hydrogen) atoms. The lowest BCUT2D eigenvalue weighted by molar-refractivity contribution is -0.117. The Bertz CT molecular complexity index is 534. The summed E-state index contributed by atoms with van der Waals surface area (Å²) in [5, 5.41) is 14.5. The van der Waals surface area contributed by atoms with E-state index < -0.39 is 5.91 Å². The highest BCUT2D eigenvalue weighted by Crippen LogP contribution is 2.03. The van der Waals surface area contributed by atoms with Gasteiger partial charge in [0.1, 0.15) is 17.5 Å². The Morgan fingerprint density at radius 3 is 2.90 bits per heavy atom. The van der Waals surface area contributed by atoms with Gasteiger partial charge < -0.3 is 10.6 Å². The molecule has 0 saturated heterocycles. The second-order valence-corrected chi connectivity index (χ2v) is 4.46. The van der Waals surface area contributed by atoms with Gasteiger partial charge in [0.2, 0.25) is 0 Å². The molecule has 5 heteroatoms. The van der Waals surface area contributed by atoms with Gasteiger partial charge in [0.05, 0.1) is 0 Å². The summed E-state index contributed by atoms with van der Waals surface area (Å²) < 4.78 is 13.0. The minimum Gasteiger partial charge on any atom is -0.386 e. The maximum Gasteiger partial charge on any atom is 0.263 e. The van der Waals surface area contributed by atoms with Crippen molar-refractivity contribution in [2.45, 2.75) is 32.9 Å². The molecule has 1 unspecified atom stereocenters. The van der Waals surface area contributed by atoms with Gasteiger partial charge in [-0.25, -0.2) is 4.39 Å². The number of hydrogen-bond acceptors (Lipinski definition) is 3. The molecule has 1 aromatic rings. The summed E-state index contributed by atoms with van der Waals surface area (Å²) in [5.74, 6) is -0.725. The number of amides is 1. The minimum absolute atomic E-state index is 0.00158. The van der Waals surface area contributed by atoms with Crippen LogP contribution < -0.4 is 10.6 Å². The summed E-state index contributed by atoms with van der Waals surface area (Å²) in [7, 11) is 0. The van der Waals surface area contributed by atoms with E-state index in [0.717, 1.165) is 12.0 Å². The lowest BCUT2D eigenvalue weighted by Gasteiger charge is -2.10. The Morgan fingerprint density at radius 1 is 1.55 bits per heavy atom. The number of benzene rings is 1. The maximum atomic E-state index is 13.0. The zero-order chi connectivity index (χ0) is 15.0. The van der Waals surface area contributed by atoms with Crippen LogP contribution in [0.5, 0.6) is 0 Å². The quantitative estimate of drug-likeness (QED) is 0.618. The molecule has 1 aromatic carbocycles. The van der Waals surface area contributed by atoms with Gasteiger partial charge in [0.25, 0.3) is 5.91 Å². The van der Waals surface area contributed by atoms with Gasteiger partial charge in [-0.1, -0.05) is 19.1 Å². The van der Waals surface area contributed by atoms with Crippen LogP contribution >= 0.6 is 0 Å². The zero-order valence-electron chi connectivity index (χ0n) is 11.6. The minimum atomic E-state index is -0.409. The fourth-order valence-corrected chi connectivity index (χ4v) is 1.47. The second-order valence-electron chi connectivity index (χ2n) is 4.46. The average Bonchev–Trinajstić information content (AvgIpc) is 2.43. The van der Waals surface area contributed by atoms with Crippen molar-refractivity contribution in [2.24, 2.45) is 0 Å². The first kappa shape index (κ1) is 15.7.